The molecule has 1 N–H and O–H groups in total. The van der Waals surface area contributed by atoms with Crippen LogP contribution >= 0.6 is 11.6 Å². The first-order chi connectivity index (χ1) is 14.9. The highest BCUT2D eigenvalue weighted by atomic mass is 35.5. The third-order valence-corrected chi connectivity index (χ3v) is 4.88. The van der Waals surface area contributed by atoms with E-state index in [4.69, 9.17) is 30.3 Å². The number of anilines is 1. The number of halogens is 1. The van der Waals surface area contributed by atoms with Crippen molar-refractivity contribution >= 4 is 29.3 Å². The lowest BCUT2D eigenvalue weighted by atomic mass is 10.1. The predicted molar refractivity (Wildman–Crippen MR) is 119 cm³/mol. The van der Waals surface area contributed by atoms with Crippen molar-refractivity contribution in [2.24, 2.45) is 0 Å². The van der Waals surface area contributed by atoms with Gasteiger partial charge in [0.15, 0.2) is 11.5 Å². The number of aryl methyl sites for hydroxylation is 2. The van der Waals surface area contributed by atoms with Crippen LogP contribution in [0.4, 0.5) is 5.69 Å². The molecule has 0 saturated carbocycles. The number of aromatic nitrogens is 1. The minimum absolute atomic E-state index is 0.293. The Bertz CT molecular complexity index is 1090. The van der Waals surface area contributed by atoms with E-state index >= 15 is 0 Å². The number of carbonyl (C=O) groups is 1. The van der Waals surface area contributed by atoms with E-state index in [1.807, 2.05) is 19.9 Å². The van der Waals surface area contributed by atoms with Gasteiger partial charge < -0.3 is 24.1 Å². The fourth-order valence-electron chi connectivity index (χ4n) is 2.86. The van der Waals surface area contributed by atoms with Crippen molar-refractivity contribution in [3.8, 4) is 17.2 Å². The summed E-state index contributed by atoms with van der Waals surface area (Å²) in [5.41, 5.74) is 3.05. The average Bonchev–Trinajstić information content (AvgIpc) is 3.08. The quantitative estimate of drug-likeness (QED) is 0.483. The molecule has 1 heterocycles. The van der Waals surface area contributed by atoms with Crippen LogP contribution in [-0.4, -0.2) is 25.3 Å². The predicted octanol–water partition coefficient (Wildman–Crippen LogP) is 5.19. The molecule has 0 saturated heterocycles. The average molecular weight is 443 g/mol. The molecule has 1 aromatic heterocycles. The molecule has 0 bridgehead atoms. The molecule has 0 unspecified atom stereocenters. The van der Waals surface area contributed by atoms with Gasteiger partial charge in [0.25, 0.3) is 0 Å². The van der Waals surface area contributed by atoms with Crippen LogP contribution in [0.5, 0.6) is 17.2 Å². The summed E-state index contributed by atoms with van der Waals surface area (Å²) in [5.74, 6) is 2.10. The van der Waals surface area contributed by atoms with Gasteiger partial charge in [-0.25, -0.2) is 0 Å². The Kier molecular flexibility index (Phi) is 7.20. The highest BCUT2D eigenvalue weighted by Crippen LogP contribution is 2.30. The number of carbonyl (C=O) groups excluding carboxylic acids is 1. The van der Waals surface area contributed by atoms with Crippen molar-refractivity contribution in [2.45, 2.75) is 20.5 Å². The molecule has 0 aliphatic rings. The zero-order valence-electron chi connectivity index (χ0n) is 17.7. The second kappa shape index (κ2) is 10.0. The van der Waals surface area contributed by atoms with Crippen LogP contribution in [-0.2, 0) is 11.4 Å². The van der Waals surface area contributed by atoms with Crippen LogP contribution < -0.4 is 19.5 Å². The van der Waals surface area contributed by atoms with Gasteiger partial charge in [0.05, 0.1) is 30.5 Å². The van der Waals surface area contributed by atoms with E-state index in [1.54, 1.807) is 43.5 Å². The molecule has 162 valence electrons. The maximum atomic E-state index is 12.2. The van der Waals surface area contributed by atoms with Crippen LogP contribution in [0.1, 0.15) is 22.6 Å². The summed E-state index contributed by atoms with van der Waals surface area (Å²) in [6.45, 7) is 4.03. The number of nitrogens with zero attached hydrogens (tertiary/aromatic N) is 1. The Labute approximate surface area is 185 Å². The first-order valence-electron chi connectivity index (χ1n) is 9.46. The molecule has 8 heteroatoms. The van der Waals surface area contributed by atoms with Gasteiger partial charge in [0.2, 0.25) is 5.91 Å². The smallest absolute Gasteiger partial charge is 0.248 e. The van der Waals surface area contributed by atoms with Crippen molar-refractivity contribution in [2.75, 3.05) is 19.5 Å². The molecular weight excluding hydrogens is 420 g/mol. The lowest BCUT2D eigenvalue weighted by Crippen LogP contribution is -2.07. The Hall–Kier alpha value is -3.45. The molecule has 0 radical (unpaired) electrons. The molecule has 7 nitrogen and oxygen atoms in total. The largest absolute Gasteiger partial charge is 0.495 e. The van der Waals surface area contributed by atoms with E-state index in [0.29, 0.717) is 34.6 Å². The maximum absolute atomic E-state index is 12.2. The molecule has 0 spiro atoms. The van der Waals surface area contributed by atoms with Gasteiger partial charge in [-0.2, -0.15) is 0 Å². The molecule has 1 amide bonds. The molecule has 0 atom stereocenters. The van der Waals surface area contributed by atoms with Crippen molar-refractivity contribution in [3.63, 3.8) is 0 Å². The third-order valence-electron chi connectivity index (χ3n) is 4.59. The first kappa shape index (κ1) is 22.2. The summed E-state index contributed by atoms with van der Waals surface area (Å²) in [4.78, 5) is 12.2. The van der Waals surface area contributed by atoms with Gasteiger partial charge in [0, 0.05) is 11.8 Å². The summed E-state index contributed by atoms with van der Waals surface area (Å²) in [5, 5.41) is 7.09. The maximum Gasteiger partial charge on any atom is 0.248 e. The molecule has 0 aliphatic heterocycles. The van der Waals surface area contributed by atoms with Crippen LogP contribution in [0.25, 0.3) is 6.08 Å². The molecular formula is C23H23ClN2O5. The van der Waals surface area contributed by atoms with E-state index in [1.165, 1.54) is 13.2 Å². The van der Waals surface area contributed by atoms with Crippen LogP contribution in [0.2, 0.25) is 5.02 Å². The van der Waals surface area contributed by atoms with Gasteiger partial charge in [-0.15, -0.1) is 0 Å². The Morgan fingerprint density at radius 3 is 2.48 bits per heavy atom. The molecule has 3 rings (SSSR count). The normalized spacial score (nSPS) is 10.9. The summed E-state index contributed by atoms with van der Waals surface area (Å²) >= 11 is 6.08. The SMILES string of the molecule is COc1ccc(NC(=O)/C=C/c2ccc(OCc3c(C)noc3C)c(OC)c2)cc1Cl. The monoisotopic (exact) mass is 442 g/mol. The second-order valence-electron chi connectivity index (χ2n) is 6.67. The zero-order valence-corrected chi connectivity index (χ0v) is 18.4. The highest BCUT2D eigenvalue weighted by Gasteiger charge is 2.12. The van der Waals surface area contributed by atoms with E-state index in [2.05, 4.69) is 10.5 Å². The number of hydrogen-bond donors (Lipinski definition) is 1. The van der Waals surface area contributed by atoms with Crippen LogP contribution in [0.3, 0.4) is 0 Å². The van der Waals surface area contributed by atoms with Crippen LogP contribution in [0, 0.1) is 13.8 Å². The highest BCUT2D eigenvalue weighted by molar-refractivity contribution is 6.32. The fourth-order valence-corrected chi connectivity index (χ4v) is 3.12. The van der Waals surface area contributed by atoms with Crippen molar-refractivity contribution < 1.29 is 23.5 Å². The fraction of sp³-hybridized carbons (Fsp3) is 0.217. The summed E-state index contributed by atoms with van der Waals surface area (Å²) in [7, 11) is 3.09. The van der Waals surface area contributed by atoms with Crippen molar-refractivity contribution in [3.05, 3.63) is 70.1 Å². The standard InChI is InChI=1S/C23H23ClN2O5/c1-14-18(15(2)31-26-14)13-30-21-8-5-16(11-22(21)29-4)6-10-23(27)25-17-7-9-20(28-3)19(24)12-17/h5-12H,13H2,1-4H3,(H,25,27)/b10-6+. The number of amides is 1. The number of hydrogen-bond acceptors (Lipinski definition) is 6. The molecule has 3 aromatic rings. The van der Waals surface area contributed by atoms with Gasteiger partial charge in [0.1, 0.15) is 18.1 Å². The van der Waals surface area contributed by atoms with Crippen molar-refractivity contribution in [1.29, 1.82) is 0 Å². The zero-order chi connectivity index (χ0) is 22.4. The van der Waals surface area contributed by atoms with E-state index in [-0.39, 0.29) is 5.91 Å². The molecule has 31 heavy (non-hydrogen) atoms. The van der Waals surface area contributed by atoms with E-state index < -0.39 is 0 Å². The van der Waals surface area contributed by atoms with E-state index in [9.17, 15) is 4.79 Å². The third kappa shape index (κ3) is 5.58. The van der Waals surface area contributed by atoms with Crippen LogP contribution in [0.15, 0.2) is 47.0 Å². The van der Waals surface area contributed by atoms with Gasteiger partial charge in [-0.1, -0.05) is 22.8 Å². The molecule has 2 aromatic carbocycles. The number of methoxy groups -OCH3 is 2. The van der Waals surface area contributed by atoms with E-state index in [0.717, 1.165) is 22.6 Å². The lowest BCUT2D eigenvalue weighted by Gasteiger charge is -2.11. The summed E-state index contributed by atoms with van der Waals surface area (Å²) in [6, 6.07) is 10.4. The summed E-state index contributed by atoms with van der Waals surface area (Å²) in [6.07, 6.45) is 3.11. The van der Waals surface area contributed by atoms with Gasteiger partial charge >= 0.3 is 0 Å². The van der Waals surface area contributed by atoms with Gasteiger partial charge in [-0.05, 0) is 55.8 Å². The number of nitrogens with one attached hydrogen (secondary N) is 1. The second-order valence-corrected chi connectivity index (χ2v) is 7.08. The lowest BCUT2D eigenvalue weighted by molar-refractivity contribution is -0.111. The number of ether oxygens (including phenoxy) is 3. The first-order valence-corrected chi connectivity index (χ1v) is 9.84. The Morgan fingerprint density at radius 2 is 1.84 bits per heavy atom. The Morgan fingerprint density at radius 1 is 1.10 bits per heavy atom. The summed E-state index contributed by atoms with van der Waals surface area (Å²) < 4.78 is 21.6. The Balaban J connectivity index is 1.65. The topological polar surface area (TPSA) is 82.8 Å². The van der Waals surface area contributed by atoms with Gasteiger partial charge in [-0.3, -0.25) is 4.79 Å². The number of rotatable bonds is 8. The van der Waals surface area contributed by atoms with Crippen molar-refractivity contribution in [1.82, 2.24) is 5.16 Å². The minimum atomic E-state index is -0.293. The molecule has 0 fully saturated rings. The minimum Gasteiger partial charge on any atom is -0.495 e. The number of benzene rings is 2. The molecule has 0 aliphatic carbocycles.